The van der Waals surface area contributed by atoms with Crippen molar-refractivity contribution in [1.82, 2.24) is 10.1 Å². The molecule has 1 spiro atoms. The van der Waals surface area contributed by atoms with Gasteiger partial charge in [-0.1, -0.05) is 35.5 Å². The highest BCUT2D eigenvalue weighted by Gasteiger charge is 2.42. The van der Waals surface area contributed by atoms with Crippen LogP contribution in [0.2, 0.25) is 0 Å². The van der Waals surface area contributed by atoms with Crippen molar-refractivity contribution in [1.29, 1.82) is 0 Å². The molecule has 1 aromatic carbocycles. The Morgan fingerprint density at radius 3 is 2.68 bits per heavy atom. The summed E-state index contributed by atoms with van der Waals surface area (Å²) in [6, 6.07) is 10.2. The van der Waals surface area contributed by atoms with E-state index in [1.165, 1.54) is 5.56 Å². The first kappa shape index (κ1) is 22.0. The molecule has 2 saturated heterocycles. The van der Waals surface area contributed by atoms with Crippen LogP contribution in [-0.2, 0) is 20.8 Å². The number of ether oxygens (including phenoxy) is 3. The topological polar surface area (TPSA) is 74.0 Å². The summed E-state index contributed by atoms with van der Waals surface area (Å²) in [5.74, 6) is 0.588. The van der Waals surface area contributed by atoms with E-state index in [1.54, 1.807) is 6.92 Å². The highest BCUT2D eigenvalue weighted by molar-refractivity contribution is 5.96. The zero-order chi connectivity index (χ0) is 21.7. The molecule has 2 aliphatic rings. The fraction of sp³-hybridized carbons (Fsp3) is 0.583. The predicted octanol–water partition coefficient (Wildman–Crippen LogP) is 3.68. The molecule has 2 fully saturated rings. The highest BCUT2D eigenvalue weighted by Crippen LogP contribution is 2.36. The number of piperidine rings is 1. The smallest absolute Gasteiger partial charge is 0.259 e. The lowest BCUT2D eigenvalue weighted by Crippen LogP contribution is -2.52. The lowest BCUT2D eigenvalue weighted by molar-refractivity contribution is -0.155. The highest BCUT2D eigenvalue weighted by atomic mass is 16.5. The largest absolute Gasteiger partial charge is 0.376 e. The van der Waals surface area contributed by atoms with Gasteiger partial charge in [-0.15, -0.1) is 0 Å². The zero-order valence-corrected chi connectivity index (χ0v) is 18.5. The summed E-state index contributed by atoms with van der Waals surface area (Å²) < 4.78 is 23.2. The van der Waals surface area contributed by atoms with Crippen LogP contribution in [0.15, 0.2) is 34.9 Å². The van der Waals surface area contributed by atoms with Gasteiger partial charge in [0.1, 0.15) is 11.3 Å². The average molecular weight is 429 g/mol. The molecule has 3 heterocycles. The van der Waals surface area contributed by atoms with Crippen LogP contribution in [0.5, 0.6) is 0 Å². The van der Waals surface area contributed by atoms with E-state index in [0.29, 0.717) is 56.5 Å². The second-order valence-corrected chi connectivity index (χ2v) is 8.55. The summed E-state index contributed by atoms with van der Waals surface area (Å²) in [5, 5.41) is 3.91. The summed E-state index contributed by atoms with van der Waals surface area (Å²) in [6.07, 6.45) is 3.61. The minimum absolute atomic E-state index is 0.00488. The summed E-state index contributed by atoms with van der Waals surface area (Å²) in [6.45, 7) is 7.43. The van der Waals surface area contributed by atoms with E-state index in [2.05, 4.69) is 17.3 Å². The molecule has 2 aromatic rings. The summed E-state index contributed by atoms with van der Waals surface area (Å²) in [5.41, 5.74) is 2.23. The monoisotopic (exact) mass is 428 g/mol. The van der Waals surface area contributed by atoms with Crippen molar-refractivity contribution >= 4 is 5.91 Å². The summed E-state index contributed by atoms with van der Waals surface area (Å²) in [4.78, 5) is 14.8. The van der Waals surface area contributed by atoms with E-state index in [4.69, 9.17) is 18.7 Å². The molecule has 0 saturated carbocycles. The molecular weight excluding hydrogens is 396 g/mol. The SMILES string of the molecule is Cc1noc(C)c1C(=O)N1CCC2(CC1)CC(OCCOCc1ccccc1)CCO2. The van der Waals surface area contributed by atoms with Crippen molar-refractivity contribution in [2.24, 2.45) is 0 Å². The molecule has 0 N–H and O–H groups in total. The molecule has 7 heteroatoms. The van der Waals surface area contributed by atoms with E-state index in [9.17, 15) is 4.79 Å². The van der Waals surface area contributed by atoms with E-state index in [-0.39, 0.29) is 17.6 Å². The number of likely N-dealkylation sites (tertiary alicyclic amines) is 1. The third kappa shape index (κ3) is 5.34. The van der Waals surface area contributed by atoms with E-state index in [1.807, 2.05) is 30.0 Å². The quantitative estimate of drug-likeness (QED) is 0.627. The van der Waals surface area contributed by atoms with E-state index < -0.39 is 0 Å². The van der Waals surface area contributed by atoms with Crippen LogP contribution in [-0.4, -0.2) is 60.6 Å². The van der Waals surface area contributed by atoms with Gasteiger partial charge < -0.3 is 23.6 Å². The third-order valence-electron chi connectivity index (χ3n) is 6.35. The normalized spacial score (nSPS) is 20.8. The maximum atomic E-state index is 12.9. The lowest BCUT2D eigenvalue weighted by Gasteiger charge is -2.46. The van der Waals surface area contributed by atoms with Crippen LogP contribution >= 0.6 is 0 Å². The van der Waals surface area contributed by atoms with Crippen molar-refractivity contribution in [2.75, 3.05) is 32.9 Å². The minimum atomic E-state index is -0.191. The molecule has 0 aliphatic carbocycles. The second kappa shape index (κ2) is 9.94. The van der Waals surface area contributed by atoms with Crippen molar-refractivity contribution in [2.45, 2.75) is 57.8 Å². The van der Waals surface area contributed by atoms with Crippen LogP contribution in [0.4, 0.5) is 0 Å². The van der Waals surface area contributed by atoms with Gasteiger partial charge in [-0.3, -0.25) is 4.79 Å². The molecule has 1 aromatic heterocycles. The van der Waals surface area contributed by atoms with Gasteiger partial charge in [0, 0.05) is 26.1 Å². The molecule has 2 aliphatic heterocycles. The number of carbonyl (C=O) groups excluding carboxylic acids is 1. The van der Waals surface area contributed by atoms with E-state index >= 15 is 0 Å². The first-order valence-electron chi connectivity index (χ1n) is 11.2. The minimum Gasteiger partial charge on any atom is -0.376 e. The van der Waals surface area contributed by atoms with Crippen LogP contribution in [0.1, 0.15) is 53.1 Å². The summed E-state index contributed by atoms with van der Waals surface area (Å²) in [7, 11) is 0. The Kier molecular flexibility index (Phi) is 7.05. The number of hydrogen-bond acceptors (Lipinski definition) is 6. The zero-order valence-electron chi connectivity index (χ0n) is 18.5. The molecule has 0 radical (unpaired) electrons. The van der Waals surface area contributed by atoms with Crippen molar-refractivity contribution in [3.8, 4) is 0 Å². The Morgan fingerprint density at radius 2 is 1.97 bits per heavy atom. The Morgan fingerprint density at radius 1 is 1.19 bits per heavy atom. The molecule has 168 valence electrons. The molecule has 1 unspecified atom stereocenters. The number of rotatable bonds is 7. The number of nitrogens with zero attached hydrogens (tertiary/aromatic N) is 2. The van der Waals surface area contributed by atoms with Crippen molar-refractivity contribution in [3.05, 3.63) is 52.9 Å². The van der Waals surface area contributed by atoms with Gasteiger partial charge in [0.05, 0.1) is 37.2 Å². The van der Waals surface area contributed by atoms with Crippen LogP contribution in [0, 0.1) is 13.8 Å². The Balaban J connectivity index is 1.21. The third-order valence-corrected chi connectivity index (χ3v) is 6.35. The molecule has 0 bridgehead atoms. The molecule has 7 nitrogen and oxygen atoms in total. The van der Waals surface area contributed by atoms with Crippen molar-refractivity contribution in [3.63, 3.8) is 0 Å². The maximum absolute atomic E-state index is 12.9. The first-order chi connectivity index (χ1) is 15.1. The average Bonchev–Trinajstić information content (AvgIpc) is 3.12. The van der Waals surface area contributed by atoms with Gasteiger partial charge in [0.15, 0.2) is 0 Å². The molecular formula is C24H32N2O5. The van der Waals surface area contributed by atoms with Gasteiger partial charge in [0.25, 0.3) is 5.91 Å². The maximum Gasteiger partial charge on any atom is 0.259 e. The van der Waals surface area contributed by atoms with Gasteiger partial charge in [-0.05, 0) is 38.7 Å². The van der Waals surface area contributed by atoms with Crippen LogP contribution < -0.4 is 0 Å². The second-order valence-electron chi connectivity index (χ2n) is 8.55. The lowest BCUT2D eigenvalue weighted by atomic mass is 9.83. The molecule has 1 amide bonds. The van der Waals surface area contributed by atoms with Gasteiger partial charge in [0.2, 0.25) is 0 Å². The fourth-order valence-corrected chi connectivity index (χ4v) is 4.58. The predicted molar refractivity (Wildman–Crippen MR) is 115 cm³/mol. The number of hydrogen-bond donors (Lipinski definition) is 0. The van der Waals surface area contributed by atoms with Crippen LogP contribution in [0.25, 0.3) is 0 Å². The molecule has 1 atom stereocenters. The summed E-state index contributed by atoms with van der Waals surface area (Å²) >= 11 is 0. The molecule has 4 rings (SSSR count). The number of benzene rings is 1. The Labute approximate surface area is 183 Å². The van der Waals surface area contributed by atoms with E-state index in [0.717, 1.165) is 25.7 Å². The Hall–Kier alpha value is -2.22. The number of amides is 1. The fourth-order valence-electron chi connectivity index (χ4n) is 4.58. The van der Waals surface area contributed by atoms with Crippen molar-refractivity contribution < 1.29 is 23.5 Å². The first-order valence-corrected chi connectivity index (χ1v) is 11.2. The standard InChI is InChI=1S/C24H32N2O5/c1-18-22(19(2)31-25-18)23(27)26-11-9-24(10-12-26)16-21(8-13-30-24)29-15-14-28-17-20-6-4-3-5-7-20/h3-7,21H,8-17H2,1-2H3. The number of aromatic nitrogens is 1. The number of carbonyl (C=O) groups is 1. The van der Waals surface area contributed by atoms with Gasteiger partial charge in [-0.2, -0.15) is 0 Å². The van der Waals surface area contributed by atoms with Gasteiger partial charge in [-0.25, -0.2) is 0 Å². The van der Waals surface area contributed by atoms with Gasteiger partial charge >= 0.3 is 0 Å². The Bertz CT molecular complexity index is 839. The van der Waals surface area contributed by atoms with Crippen LogP contribution in [0.3, 0.4) is 0 Å². The number of aryl methyl sites for hydroxylation is 2. The molecule has 31 heavy (non-hydrogen) atoms.